The predicted molar refractivity (Wildman–Crippen MR) is 130 cm³/mol. The van der Waals surface area contributed by atoms with Crippen LogP contribution in [0.1, 0.15) is 31.3 Å². The van der Waals surface area contributed by atoms with E-state index in [-0.39, 0.29) is 35.8 Å². The Bertz CT molecular complexity index is 793. The van der Waals surface area contributed by atoms with Crippen LogP contribution in [0.4, 0.5) is 4.39 Å². The van der Waals surface area contributed by atoms with Crippen LogP contribution in [0, 0.1) is 5.82 Å². The molecule has 1 aromatic heterocycles. The van der Waals surface area contributed by atoms with Gasteiger partial charge in [0, 0.05) is 39.1 Å². The van der Waals surface area contributed by atoms with Crippen LogP contribution in [0.5, 0.6) is 0 Å². The lowest BCUT2D eigenvalue weighted by molar-refractivity contribution is 0.0179. The van der Waals surface area contributed by atoms with Gasteiger partial charge in [-0.2, -0.15) is 0 Å². The highest BCUT2D eigenvalue weighted by molar-refractivity contribution is 14.0. The van der Waals surface area contributed by atoms with Crippen LogP contribution < -0.4 is 10.6 Å². The lowest BCUT2D eigenvalue weighted by atomic mass is 10.0. The molecule has 2 N–H and O–H groups in total. The molecule has 1 aliphatic heterocycles. The molecule has 10 heteroatoms. The summed E-state index contributed by atoms with van der Waals surface area (Å²) in [5, 5.41) is 14.8. The number of aliphatic imine (C=N–C) groups is 1. The third kappa shape index (κ3) is 7.69. The number of benzene rings is 1. The Balaban J connectivity index is 0.00000341. The smallest absolute Gasteiger partial charge is 0.191 e. The minimum atomic E-state index is -0.224. The number of hydrogen-bond donors (Lipinski definition) is 2. The number of nitrogens with zero attached hydrogens (tertiary/aromatic N) is 5. The van der Waals surface area contributed by atoms with Crippen LogP contribution in [0.15, 0.2) is 35.6 Å². The molecular formula is C21H33FIN7O. The van der Waals surface area contributed by atoms with Crippen molar-refractivity contribution in [2.75, 3.05) is 45.9 Å². The summed E-state index contributed by atoms with van der Waals surface area (Å²) in [5.41, 5.74) is 1.06. The van der Waals surface area contributed by atoms with E-state index in [1.54, 1.807) is 6.33 Å². The van der Waals surface area contributed by atoms with E-state index in [1.807, 2.05) is 23.6 Å². The number of halogens is 2. The maximum absolute atomic E-state index is 13.4. The zero-order chi connectivity index (χ0) is 21.2. The summed E-state index contributed by atoms with van der Waals surface area (Å²) in [4.78, 5) is 7.18. The van der Waals surface area contributed by atoms with Gasteiger partial charge in [0.25, 0.3) is 0 Å². The van der Waals surface area contributed by atoms with E-state index >= 15 is 0 Å². The Labute approximate surface area is 200 Å². The fourth-order valence-electron chi connectivity index (χ4n) is 3.56. The molecular weight excluding hydrogens is 512 g/mol. The molecule has 2 heterocycles. The second kappa shape index (κ2) is 13.6. The first-order valence-corrected chi connectivity index (χ1v) is 10.7. The second-order valence-corrected chi connectivity index (χ2v) is 7.16. The molecule has 1 atom stereocenters. The van der Waals surface area contributed by atoms with Gasteiger partial charge in [0.1, 0.15) is 18.0 Å². The maximum atomic E-state index is 13.4. The Hall–Kier alpha value is -1.79. The topological polar surface area (TPSA) is 79.6 Å². The van der Waals surface area contributed by atoms with Crippen molar-refractivity contribution in [2.24, 2.45) is 4.99 Å². The van der Waals surface area contributed by atoms with E-state index in [1.165, 1.54) is 12.1 Å². The second-order valence-electron chi connectivity index (χ2n) is 7.16. The summed E-state index contributed by atoms with van der Waals surface area (Å²) < 4.78 is 21.0. The number of hydrogen-bond acceptors (Lipinski definition) is 5. The molecule has 1 aliphatic rings. The van der Waals surface area contributed by atoms with Crippen molar-refractivity contribution >= 4 is 29.9 Å². The molecule has 172 valence electrons. The summed E-state index contributed by atoms with van der Waals surface area (Å²) in [5.74, 6) is 1.52. The first-order chi connectivity index (χ1) is 14.7. The summed E-state index contributed by atoms with van der Waals surface area (Å²) in [6.45, 7) is 10.1. The van der Waals surface area contributed by atoms with Crippen LogP contribution in [0.25, 0.3) is 0 Å². The lowest BCUT2D eigenvalue weighted by Crippen LogP contribution is -2.42. The summed E-state index contributed by atoms with van der Waals surface area (Å²) in [7, 11) is 0. The van der Waals surface area contributed by atoms with Crippen LogP contribution >= 0.6 is 24.0 Å². The summed E-state index contributed by atoms with van der Waals surface area (Å²) in [6, 6.07) is 6.81. The third-order valence-electron chi connectivity index (χ3n) is 5.16. The molecule has 1 aromatic carbocycles. The molecule has 1 fully saturated rings. The van der Waals surface area contributed by atoms with Crippen molar-refractivity contribution < 1.29 is 9.13 Å². The average Bonchev–Trinajstić information content (AvgIpc) is 3.23. The van der Waals surface area contributed by atoms with E-state index in [4.69, 9.17) is 9.73 Å². The standard InChI is InChI=1S/C21H32FN7O.HI/c1-3-20-27-26-16-29(20)10-9-24-21(23-4-2)25-15-19(28-11-13-30-14-12-28)17-5-7-18(22)8-6-17;/h5-8,16,19H,3-4,9-15H2,1-2H3,(H2,23,24,25);1H. The normalized spacial score (nSPS) is 15.9. The van der Waals surface area contributed by atoms with Gasteiger partial charge < -0.3 is 19.9 Å². The number of nitrogens with one attached hydrogen (secondary N) is 2. The molecule has 0 bridgehead atoms. The van der Waals surface area contributed by atoms with E-state index in [0.717, 1.165) is 56.5 Å². The molecule has 8 nitrogen and oxygen atoms in total. The van der Waals surface area contributed by atoms with Gasteiger partial charge in [-0.15, -0.1) is 34.2 Å². The molecule has 0 saturated carbocycles. The number of morpholine rings is 1. The summed E-state index contributed by atoms with van der Waals surface area (Å²) >= 11 is 0. The fourth-order valence-corrected chi connectivity index (χ4v) is 3.56. The molecule has 1 unspecified atom stereocenters. The van der Waals surface area contributed by atoms with E-state index in [0.29, 0.717) is 19.8 Å². The molecule has 0 aliphatic carbocycles. The Morgan fingerprint density at radius 1 is 1.19 bits per heavy atom. The fraction of sp³-hybridized carbons (Fsp3) is 0.571. The maximum Gasteiger partial charge on any atom is 0.191 e. The van der Waals surface area contributed by atoms with E-state index in [2.05, 4.69) is 32.7 Å². The first-order valence-electron chi connectivity index (χ1n) is 10.7. The zero-order valence-electron chi connectivity index (χ0n) is 18.3. The largest absolute Gasteiger partial charge is 0.379 e. The van der Waals surface area contributed by atoms with Gasteiger partial charge in [-0.05, 0) is 24.6 Å². The minimum absolute atomic E-state index is 0. The number of ether oxygens (including phenoxy) is 1. The van der Waals surface area contributed by atoms with Gasteiger partial charge in [-0.3, -0.25) is 9.89 Å². The Kier molecular flexibility index (Phi) is 11.2. The monoisotopic (exact) mass is 545 g/mol. The van der Waals surface area contributed by atoms with Crippen molar-refractivity contribution in [2.45, 2.75) is 32.9 Å². The van der Waals surface area contributed by atoms with Crippen molar-refractivity contribution in [3.63, 3.8) is 0 Å². The van der Waals surface area contributed by atoms with Crippen molar-refractivity contribution in [1.29, 1.82) is 0 Å². The van der Waals surface area contributed by atoms with Gasteiger partial charge in [0.05, 0.1) is 25.8 Å². The first kappa shape index (κ1) is 25.5. The van der Waals surface area contributed by atoms with Crippen molar-refractivity contribution in [1.82, 2.24) is 30.3 Å². The molecule has 1 saturated heterocycles. The van der Waals surface area contributed by atoms with E-state index in [9.17, 15) is 4.39 Å². The quantitative estimate of drug-likeness (QED) is 0.286. The van der Waals surface area contributed by atoms with Crippen molar-refractivity contribution in [3.05, 3.63) is 47.8 Å². The average molecular weight is 545 g/mol. The lowest BCUT2D eigenvalue weighted by Gasteiger charge is -2.34. The predicted octanol–water partition coefficient (Wildman–Crippen LogP) is 2.23. The molecule has 0 radical (unpaired) electrons. The minimum Gasteiger partial charge on any atom is -0.379 e. The van der Waals surface area contributed by atoms with Crippen LogP contribution in [-0.4, -0.2) is 71.6 Å². The molecule has 0 amide bonds. The Morgan fingerprint density at radius 3 is 2.61 bits per heavy atom. The number of aryl methyl sites for hydroxylation is 1. The number of rotatable bonds is 9. The highest BCUT2D eigenvalue weighted by atomic mass is 127. The SMILES string of the molecule is CCNC(=NCC(c1ccc(F)cc1)N1CCOCC1)NCCn1cnnc1CC.I. The zero-order valence-corrected chi connectivity index (χ0v) is 20.6. The van der Waals surface area contributed by atoms with Gasteiger partial charge in [-0.1, -0.05) is 19.1 Å². The summed E-state index contributed by atoms with van der Waals surface area (Å²) in [6.07, 6.45) is 2.61. The number of guanidine groups is 1. The molecule has 0 spiro atoms. The number of aromatic nitrogens is 3. The molecule has 3 rings (SSSR count). The van der Waals surface area contributed by atoms with Crippen LogP contribution in [0.3, 0.4) is 0 Å². The van der Waals surface area contributed by atoms with Gasteiger partial charge in [0.2, 0.25) is 0 Å². The van der Waals surface area contributed by atoms with Crippen LogP contribution in [0.2, 0.25) is 0 Å². The third-order valence-corrected chi connectivity index (χ3v) is 5.16. The van der Waals surface area contributed by atoms with Gasteiger partial charge >= 0.3 is 0 Å². The van der Waals surface area contributed by atoms with Gasteiger partial charge in [-0.25, -0.2) is 4.39 Å². The highest BCUT2D eigenvalue weighted by Gasteiger charge is 2.22. The molecule has 31 heavy (non-hydrogen) atoms. The van der Waals surface area contributed by atoms with Crippen molar-refractivity contribution in [3.8, 4) is 0 Å². The molecule has 2 aromatic rings. The van der Waals surface area contributed by atoms with E-state index < -0.39 is 0 Å². The highest BCUT2D eigenvalue weighted by Crippen LogP contribution is 2.22. The van der Waals surface area contributed by atoms with Gasteiger partial charge in [0.15, 0.2) is 5.96 Å². The Morgan fingerprint density at radius 2 is 1.94 bits per heavy atom. The van der Waals surface area contributed by atoms with Crippen LogP contribution in [-0.2, 0) is 17.7 Å².